The smallest absolute Gasteiger partial charge is 0.256 e. The predicted molar refractivity (Wildman–Crippen MR) is 137 cm³/mol. The van der Waals surface area contributed by atoms with Gasteiger partial charge in [-0.2, -0.15) is 5.10 Å². The molecule has 34 heavy (non-hydrogen) atoms. The van der Waals surface area contributed by atoms with Crippen molar-refractivity contribution < 1.29 is 9.53 Å². The molecule has 0 aliphatic heterocycles. The molecule has 7 heteroatoms. The van der Waals surface area contributed by atoms with Crippen LogP contribution in [0.15, 0.2) is 66.7 Å². The summed E-state index contributed by atoms with van der Waals surface area (Å²) in [6.45, 7) is 6.83. The van der Waals surface area contributed by atoms with E-state index in [1.807, 2.05) is 80.1 Å². The molecule has 0 saturated carbocycles. The first kappa shape index (κ1) is 23.9. The zero-order chi connectivity index (χ0) is 24.2. The van der Waals surface area contributed by atoms with Crippen LogP contribution in [0.3, 0.4) is 0 Å². The van der Waals surface area contributed by atoms with Gasteiger partial charge in [-0.3, -0.25) is 9.48 Å². The first-order valence-corrected chi connectivity index (χ1v) is 11.6. The van der Waals surface area contributed by atoms with Gasteiger partial charge in [-0.1, -0.05) is 47.5 Å². The van der Waals surface area contributed by atoms with Crippen LogP contribution in [-0.4, -0.2) is 15.7 Å². The average Bonchev–Trinajstić information content (AvgIpc) is 3.14. The molecule has 0 radical (unpaired) electrons. The highest BCUT2D eigenvalue weighted by Gasteiger charge is 2.11. The van der Waals surface area contributed by atoms with Gasteiger partial charge in [0, 0.05) is 27.4 Å². The maximum Gasteiger partial charge on any atom is 0.256 e. The van der Waals surface area contributed by atoms with Gasteiger partial charge in [0.15, 0.2) is 5.82 Å². The summed E-state index contributed by atoms with van der Waals surface area (Å²) >= 11 is 12.3. The van der Waals surface area contributed by atoms with E-state index < -0.39 is 0 Å². The van der Waals surface area contributed by atoms with E-state index >= 15 is 0 Å². The van der Waals surface area contributed by atoms with Crippen LogP contribution < -0.4 is 10.1 Å². The fourth-order valence-electron chi connectivity index (χ4n) is 3.64. The molecule has 5 nitrogen and oxygen atoms in total. The number of rotatable bonds is 7. The lowest BCUT2D eigenvalue weighted by Gasteiger charge is -2.10. The molecule has 4 rings (SSSR count). The molecule has 0 fully saturated rings. The quantitative estimate of drug-likeness (QED) is 0.301. The number of nitrogens with one attached hydrogen (secondary N) is 1. The van der Waals surface area contributed by atoms with Crippen LogP contribution in [0, 0.1) is 20.8 Å². The predicted octanol–water partition coefficient (Wildman–Crippen LogP) is 6.99. The van der Waals surface area contributed by atoms with Crippen LogP contribution in [0.4, 0.5) is 5.82 Å². The Morgan fingerprint density at radius 1 is 0.941 bits per heavy atom. The highest BCUT2D eigenvalue weighted by Crippen LogP contribution is 2.26. The molecule has 4 aromatic rings. The summed E-state index contributed by atoms with van der Waals surface area (Å²) < 4.78 is 7.73. The van der Waals surface area contributed by atoms with Gasteiger partial charge in [-0.05, 0) is 79.4 Å². The summed E-state index contributed by atoms with van der Waals surface area (Å²) in [5, 5.41) is 8.82. The minimum Gasteiger partial charge on any atom is -0.489 e. The molecule has 174 valence electrons. The number of hydrogen-bond acceptors (Lipinski definition) is 3. The van der Waals surface area contributed by atoms with Crippen molar-refractivity contribution in [3.05, 3.63) is 110 Å². The van der Waals surface area contributed by atoms with Gasteiger partial charge in [0.25, 0.3) is 5.91 Å². The molecule has 1 heterocycles. The van der Waals surface area contributed by atoms with Gasteiger partial charge < -0.3 is 10.1 Å². The number of hydrogen-bond donors (Lipinski definition) is 1. The van der Waals surface area contributed by atoms with E-state index in [9.17, 15) is 4.79 Å². The van der Waals surface area contributed by atoms with Crippen LogP contribution in [0.5, 0.6) is 5.75 Å². The Bertz CT molecular complexity index is 1310. The number of halogens is 2. The Labute approximate surface area is 209 Å². The van der Waals surface area contributed by atoms with Crippen LogP contribution in [-0.2, 0) is 13.2 Å². The van der Waals surface area contributed by atoms with Gasteiger partial charge in [0.1, 0.15) is 12.4 Å². The number of amides is 1. The number of nitrogens with zero attached hydrogens (tertiary/aromatic N) is 2. The highest BCUT2D eigenvalue weighted by molar-refractivity contribution is 6.32. The maximum absolute atomic E-state index is 12.7. The molecule has 0 aliphatic rings. The van der Waals surface area contributed by atoms with Crippen molar-refractivity contribution in [2.75, 3.05) is 5.32 Å². The number of benzene rings is 3. The Kier molecular flexibility index (Phi) is 7.25. The molecule has 3 aromatic carbocycles. The van der Waals surface area contributed by atoms with Crippen molar-refractivity contribution in [2.45, 2.75) is 33.9 Å². The van der Waals surface area contributed by atoms with Gasteiger partial charge >= 0.3 is 0 Å². The zero-order valence-electron chi connectivity index (χ0n) is 19.2. The summed E-state index contributed by atoms with van der Waals surface area (Å²) in [5.41, 5.74) is 5.45. The number of aryl methyl sites for hydroxylation is 3. The SMILES string of the molecule is Cc1cc(OCc2ccc(C(=O)Nc3cc(C)n(Cc4cccc(Cl)c4)n3)cc2)cc(C)c1Cl. The van der Waals surface area contributed by atoms with E-state index in [4.69, 9.17) is 27.9 Å². The fraction of sp³-hybridized carbons (Fsp3) is 0.185. The second-order valence-electron chi connectivity index (χ2n) is 8.27. The fourth-order valence-corrected chi connectivity index (χ4v) is 3.96. The third kappa shape index (κ3) is 5.79. The first-order valence-electron chi connectivity index (χ1n) is 10.9. The van der Waals surface area contributed by atoms with Crippen molar-refractivity contribution >= 4 is 34.9 Å². The second-order valence-corrected chi connectivity index (χ2v) is 9.08. The van der Waals surface area contributed by atoms with E-state index in [-0.39, 0.29) is 5.91 Å². The highest BCUT2D eigenvalue weighted by atomic mass is 35.5. The molecular formula is C27H25Cl2N3O2. The van der Waals surface area contributed by atoms with E-state index in [0.717, 1.165) is 38.7 Å². The van der Waals surface area contributed by atoms with Crippen LogP contribution in [0.25, 0.3) is 0 Å². The van der Waals surface area contributed by atoms with Crippen molar-refractivity contribution in [3.63, 3.8) is 0 Å². The van der Waals surface area contributed by atoms with Gasteiger partial charge in [-0.15, -0.1) is 0 Å². The molecule has 0 bridgehead atoms. The molecule has 0 saturated heterocycles. The summed E-state index contributed by atoms with van der Waals surface area (Å²) in [4.78, 5) is 12.7. The lowest BCUT2D eigenvalue weighted by molar-refractivity contribution is 0.102. The van der Waals surface area contributed by atoms with E-state index in [1.54, 1.807) is 12.1 Å². The van der Waals surface area contributed by atoms with Gasteiger partial charge in [-0.25, -0.2) is 0 Å². The Morgan fingerprint density at radius 3 is 2.32 bits per heavy atom. The van der Waals surface area contributed by atoms with Crippen molar-refractivity contribution in [3.8, 4) is 5.75 Å². The number of anilines is 1. The third-order valence-electron chi connectivity index (χ3n) is 5.48. The van der Waals surface area contributed by atoms with Crippen molar-refractivity contribution in [1.82, 2.24) is 9.78 Å². The zero-order valence-corrected chi connectivity index (χ0v) is 20.7. The normalized spacial score (nSPS) is 10.9. The summed E-state index contributed by atoms with van der Waals surface area (Å²) in [7, 11) is 0. The molecule has 0 aliphatic carbocycles. The second kappa shape index (κ2) is 10.3. The number of ether oxygens (including phenoxy) is 1. The van der Waals surface area contributed by atoms with Crippen molar-refractivity contribution in [1.29, 1.82) is 0 Å². The van der Waals surface area contributed by atoms with Gasteiger partial charge in [0.2, 0.25) is 0 Å². The minimum atomic E-state index is -0.219. The Balaban J connectivity index is 1.36. The van der Waals surface area contributed by atoms with Crippen LogP contribution in [0.2, 0.25) is 10.0 Å². The summed E-state index contributed by atoms with van der Waals surface area (Å²) in [5.74, 6) is 1.05. The van der Waals surface area contributed by atoms with E-state index in [2.05, 4.69) is 10.4 Å². The molecule has 1 aromatic heterocycles. The topological polar surface area (TPSA) is 56.1 Å². The maximum atomic E-state index is 12.7. The molecule has 1 amide bonds. The van der Waals surface area contributed by atoms with E-state index in [1.165, 1.54) is 0 Å². The largest absolute Gasteiger partial charge is 0.489 e. The molecule has 0 unspecified atom stereocenters. The van der Waals surface area contributed by atoms with E-state index in [0.29, 0.717) is 29.6 Å². The third-order valence-corrected chi connectivity index (χ3v) is 6.31. The summed E-state index contributed by atoms with van der Waals surface area (Å²) in [6.07, 6.45) is 0. The molecule has 0 spiro atoms. The van der Waals surface area contributed by atoms with Crippen molar-refractivity contribution in [2.24, 2.45) is 0 Å². The minimum absolute atomic E-state index is 0.219. The molecular weight excluding hydrogens is 469 g/mol. The molecule has 0 atom stereocenters. The Hall–Kier alpha value is -3.28. The summed E-state index contributed by atoms with van der Waals surface area (Å²) in [6, 6.07) is 20.7. The number of aromatic nitrogens is 2. The number of carbonyl (C=O) groups is 1. The molecule has 1 N–H and O–H groups in total. The van der Waals surface area contributed by atoms with Crippen LogP contribution in [0.1, 0.15) is 38.3 Å². The lowest BCUT2D eigenvalue weighted by Crippen LogP contribution is -2.13. The van der Waals surface area contributed by atoms with Crippen LogP contribution >= 0.6 is 23.2 Å². The van der Waals surface area contributed by atoms with Gasteiger partial charge in [0.05, 0.1) is 6.54 Å². The standard InChI is InChI=1S/C27H25Cl2N3O2/c1-17-11-24(12-18(2)26(17)29)34-16-20-7-9-22(10-8-20)27(33)30-25-13-19(3)32(31-25)15-21-5-4-6-23(28)14-21/h4-14H,15-16H2,1-3H3,(H,30,31,33). The first-order chi connectivity index (χ1) is 16.3. The average molecular weight is 494 g/mol. The monoisotopic (exact) mass is 493 g/mol. The Morgan fingerprint density at radius 2 is 1.65 bits per heavy atom. The number of carbonyl (C=O) groups excluding carboxylic acids is 1. The lowest BCUT2D eigenvalue weighted by atomic mass is 10.1.